The maximum Gasteiger partial charge on any atom is 0.258 e. The van der Waals surface area contributed by atoms with Crippen LogP contribution in [0.25, 0.3) is 22.3 Å². The van der Waals surface area contributed by atoms with Gasteiger partial charge in [-0.3, -0.25) is 9.36 Å². The topological polar surface area (TPSA) is 89.6 Å². The van der Waals surface area contributed by atoms with Gasteiger partial charge in [-0.2, -0.15) is 0 Å². The van der Waals surface area contributed by atoms with E-state index in [1.165, 1.54) is 11.8 Å². The van der Waals surface area contributed by atoms with Crippen LogP contribution in [-0.2, 0) is 12.3 Å². The summed E-state index contributed by atoms with van der Waals surface area (Å²) in [6.45, 7) is 6.24. The zero-order chi connectivity index (χ0) is 19.7. The standard InChI is InChI=1S/C19H16ClN5O2S/c1-3-7-25-17(13-6-8-27-11(13)2)23-24-19(25)28-10-16-21-15-5-4-12(20)9-14(15)18(26)22-16/h3-6,8-9H,1,7,10H2,2H3,(H,21,22,26). The minimum absolute atomic E-state index is 0.217. The summed E-state index contributed by atoms with van der Waals surface area (Å²) in [5, 5.41) is 10.3. The van der Waals surface area contributed by atoms with Gasteiger partial charge in [-0.05, 0) is 31.2 Å². The quantitative estimate of drug-likeness (QED) is 0.376. The Hall–Kier alpha value is -2.84. The number of furan rings is 1. The van der Waals surface area contributed by atoms with Crippen molar-refractivity contribution in [2.75, 3.05) is 0 Å². The second-order valence-electron chi connectivity index (χ2n) is 6.06. The second kappa shape index (κ2) is 7.65. The molecule has 4 aromatic rings. The highest BCUT2D eigenvalue weighted by Crippen LogP contribution is 2.28. The molecule has 0 unspecified atom stereocenters. The van der Waals surface area contributed by atoms with E-state index in [1.54, 1.807) is 30.5 Å². The molecule has 7 nitrogen and oxygen atoms in total. The number of halogens is 1. The number of benzene rings is 1. The first-order valence-corrected chi connectivity index (χ1v) is 9.83. The molecule has 3 heterocycles. The van der Waals surface area contributed by atoms with Crippen molar-refractivity contribution in [2.45, 2.75) is 24.4 Å². The molecule has 28 heavy (non-hydrogen) atoms. The lowest BCUT2D eigenvalue weighted by molar-refractivity contribution is 0.534. The third-order valence-electron chi connectivity index (χ3n) is 4.18. The van der Waals surface area contributed by atoms with E-state index in [0.29, 0.717) is 45.0 Å². The van der Waals surface area contributed by atoms with Gasteiger partial charge in [0.1, 0.15) is 11.6 Å². The van der Waals surface area contributed by atoms with E-state index in [4.69, 9.17) is 16.0 Å². The SMILES string of the molecule is C=CCn1c(SCc2nc3ccc(Cl)cc3c(=O)[nH]2)nnc1-c1ccoc1C. The van der Waals surface area contributed by atoms with Gasteiger partial charge in [0.15, 0.2) is 11.0 Å². The molecular weight excluding hydrogens is 398 g/mol. The lowest BCUT2D eigenvalue weighted by Gasteiger charge is -2.07. The molecule has 0 saturated heterocycles. The smallest absolute Gasteiger partial charge is 0.258 e. The highest BCUT2D eigenvalue weighted by atomic mass is 35.5. The van der Waals surface area contributed by atoms with Crippen molar-refractivity contribution in [3.05, 3.63) is 70.1 Å². The highest BCUT2D eigenvalue weighted by molar-refractivity contribution is 7.98. The van der Waals surface area contributed by atoms with Crippen molar-refractivity contribution in [2.24, 2.45) is 0 Å². The number of aromatic nitrogens is 5. The van der Waals surface area contributed by atoms with E-state index in [1.807, 2.05) is 17.6 Å². The number of aromatic amines is 1. The molecule has 0 saturated carbocycles. The maximum absolute atomic E-state index is 12.3. The predicted octanol–water partition coefficient (Wildman–Crippen LogP) is 4.21. The average molecular weight is 414 g/mol. The van der Waals surface area contributed by atoms with Gasteiger partial charge in [-0.1, -0.05) is 29.4 Å². The number of H-pyrrole nitrogens is 1. The van der Waals surface area contributed by atoms with Crippen molar-refractivity contribution in [3.8, 4) is 11.4 Å². The third kappa shape index (κ3) is 3.48. The summed E-state index contributed by atoms with van der Waals surface area (Å²) in [6.07, 6.45) is 3.41. The van der Waals surface area contributed by atoms with E-state index in [2.05, 4.69) is 26.7 Å². The number of fused-ring (bicyclic) bond motifs is 1. The van der Waals surface area contributed by atoms with Crippen LogP contribution in [0, 0.1) is 6.92 Å². The van der Waals surface area contributed by atoms with Crippen molar-refractivity contribution < 1.29 is 4.42 Å². The van der Waals surface area contributed by atoms with Gasteiger partial charge in [0.25, 0.3) is 5.56 Å². The summed E-state index contributed by atoms with van der Waals surface area (Å²) in [5.41, 5.74) is 1.27. The summed E-state index contributed by atoms with van der Waals surface area (Å²) in [5.74, 6) is 2.48. The summed E-state index contributed by atoms with van der Waals surface area (Å²) in [4.78, 5) is 19.6. The molecule has 1 N–H and O–H groups in total. The van der Waals surface area contributed by atoms with E-state index in [-0.39, 0.29) is 5.56 Å². The second-order valence-corrected chi connectivity index (χ2v) is 7.44. The van der Waals surface area contributed by atoms with Crippen LogP contribution in [0.3, 0.4) is 0 Å². The number of rotatable bonds is 6. The van der Waals surface area contributed by atoms with E-state index in [9.17, 15) is 4.79 Å². The minimum atomic E-state index is -0.217. The summed E-state index contributed by atoms with van der Waals surface area (Å²) < 4.78 is 7.33. The summed E-state index contributed by atoms with van der Waals surface area (Å²) in [7, 11) is 0. The molecule has 0 aliphatic rings. The van der Waals surface area contributed by atoms with Gasteiger partial charge in [0, 0.05) is 11.6 Å². The van der Waals surface area contributed by atoms with Crippen molar-refractivity contribution in [1.82, 2.24) is 24.7 Å². The molecule has 0 atom stereocenters. The fourth-order valence-electron chi connectivity index (χ4n) is 2.87. The first-order chi connectivity index (χ1) is 13.6. The number of nitrogens with one attached hydrogen (secondary N) is 1. The molecule has 0 aliphatic carbocycles. The zero-order valence-corrected chi connectivity index (χ0v) is 16.5. The molecule has 0 aliphatic heterocycles. The van der Waals surface area contributed by atoms with Crippen LogP contribution in [0.4, 0.5) is 0 Å². The Bertz CT molecular complexity index is 1230. The lowest BCUT2D eigenvalue weighted by atomic mass is 10.2. The fraction of sp³-hybridized carbons (Fsp3) is 0.158. The van der Waals surface area contributed by atoms with Crippen molar-refractivity contribution >= 4 is 34.3 Å². The lowest BCUT2D eigenvalue weighted by Crippen LogP contribution is -2.11. The van der Waals surface area contributed by atoms with Crippen LogP contribution >= 0.6 is 23.4 Å². The third-order valence-corrected chi connectivity index (χ3v) is 5.40. The van der Waals surface area contributed by atoms with Gasteiger partial charge in [-0.25, -0.2) is 4.98 Å². The van der Waals surface area contributed by atoms with Crippen LogP contribution < -0.4 is 5.56 Å². The number of hydrogen-bond donors (Lipinski definition) is 1. The molecule has 0 amide bonds. The maximum atomic E-state index is 12.3. The first kappa shape index (κ1) is 18.5. The van der Waals surface area contributed by atoms with Gasteiger partial charge in [0.2, 0.25) is 0 Å². The Morgan fingerprint density at radius 1 is 1.36 bits per heavy atom. The van der Waals surface area contributed by atoms with E-state index < -0.39 is 0 Å². The molecular formula is C19H16ClN5O2S. The molecule has 1 aromatic carbocycles. The Labute approximate surface area is 169 Å². The fourth-order valence-corrected chi connectivity index (χ4v) is 3.86. The Morgan fingerprint density at radius 3 is 2.96 bits per heavy atom. The molecule has 142 valence electrons. The Balaban J connectivity index is 1.63. The molecule has 4 rings (SSSR count). The molecule has 0 spiro atoms. The molecule has 0 bridgehead atoms. The molecule has 0 fully saturated rings. The average Bonchev–Trinajstić information content (AvgIpc) is 3.27. The first-order valence-electron chi connectivity index (χ1n) is 8.46. The molecule has 3 aromatic heterocycles. The molecule has 0 radical (unpaired) electrons. The van der Waals surface area contributed by atoms with Crippen LogP contribution in [0.2, 0.25) is 5.02 Å². The number of allylic oxidation sites excluding steroid dienone is 1. The monoisotopic (exact) mass is 413 g/mol. The summed E-state index contributed by atoms with van der Waals surface area (Å²) >= 11 is 7.39. The van der Waals surface area contributed by atoms with Crippen molar-refractivity contribution in [3.63, 3.8) is 0 Å². The van der Waals surface area contributed by atoms with E-state index >= 15 is 0 Å². The summed E-state index contributed by atoms with van der Waals surface area (Å²) in [6, 6.07) is 6.93. The van der Waals surface area contributed by atoms with Crippen molar-refractivity contribution in [1.29, 1.82) is 0 Å². The number of thioether (sulfide) groups is 1. The van der Waals surface area contributed by atoms with Gasteiger partial charge in [0.05, 0.1) is 28.5 Å². The van der Waals surface area contributed by atoms with Gasteiger partial charge < -0.3 is 9.40 Å². The Morgan fingerprint density at radius 2 is 2.21 bits per heavy atom. The predicted molar refractivity (Wildman–Crippen MR) is 110 cm³/mol. The van der Waals surface area contributed by atoms with Crippen LogP contribution in [0.15, 0.2) is 57.6 Å². The van der Waals surface area contributed by atoms with Crippen LogP contribution in [-0.4, -0.2) is 24.7 Å². The van der Waals surface area contributed by atoms with Gasteiger partial charge >= 0.3 is 0 Å². The van der Waals surface area contributed by atoms with Gasteiger partial charge in [-0.15, -0.1) is 16.8 Å². The van der Waals surface area contributed by atoms with E-state index in [0.717, 1.165) is 11.3 Å². The number of nitrogens with zero attached hydrogens (tertiary/aromatic N) is 4. The Kier molecular flexibility index (Phi) is 5.06. The zero-order valence-electron chi connectivity index (χ0n) is 15.0. The normalized spacial score (nSPS) is 11.2. The minimum Gasteiger partial charge on any atom is -0.469 e. The number of aryl methyl sites for hydroxylation is 1. The van der Waals surface area contributed by atoms with Crippen LogP contribution in [0.5, 0.6) is 0 Å². The molecule has 9 heteroatoms. The number of hydrogen-bond acceptors (Lipinski definition) is 6. The highest BCUT2D eigenvalue weighted by Gasteiger charge is 2.17. The largest absolute Gasteiger partial charge is 0.469 e. The van der Waals surface area contributed by atoms with Crippen LogP contribution in [0.1, 0.15) is 11.6 Å².